The molecule has 0 radical (unpaired) electrons. The monoisotopic (exact) mass is 233 g/mol. The predicted octanol–water partition coefficient (Wildman–Crippen LogP) is 2.97. The first-order valence-corrected chi connectivity index (χ1v) is 5.68. The number of aliphatic carboxylic acids is 1. The fourth-order valence-corrected chi connectivity index (χ4v) is 1.82. The summed E-state index contributed by atoms with van der Waals surface area (Å²) >= 11 is 0. The van der Waals surface area contributed by atoms with Crippen molar-refractivity contribution in [2.24, 2.45) is 0 Å². The van der Waals surface area contributed by atoms with Crippen LogP contribution in [0.4, 0.5) is 0 Å². The minimum absolute atomic E-state index is 0.136. The Hall–Kier alpha value is -1.84. The molecule has 1 aromatic heterocycles. The number of carboxylic acid groups (broad SMARTS) is 1. The van der Waals surface area contributed by atoms with Crippen molar-refractivity contribution in [1.82, 2.24) is 5.16 Å². The largest absolute Gasteiger partial charge is 0.481 e. The standard InChI is InChI=1S/C13H15NO3/c1-8(2)13-10-5-3-9(4-6-12(15)16)7-11(10)17-14-13/h3,5,7-8H,4,6H2,1-2H3,(H,15,16). The Labute approximate surface area is 99.2 Å². The number of nitrogens with zero attached hydrogens (tertiary/aromatic N) is 1. The minimum Gasteiger partial charge on any atom is -0.481 e. The molecule has 0 atom stereocenters. The molecule has 0 saturated heterocycles. The molecule has 0 fully saturated rings. The highest BCUT2D eigenvalue weighted by atomic mass is 16.5. The molecule has 0 spiro atoms. The number of hydrogen-bond acceptors (Lipinski definition) is 3. The normalized spacial score (nSPS) is 11.2. The van der Waals surface area contributed by atoms with Crippen LogP contribution in [0.15, 0.2) is 22.7 Å². The maximum atomic E-state index is 10.5. The van der Waals surface area contributed by atoms with Crippen molar-refractivity contribution in [3.63, 3.8) is 0 Å². The van der Waals surface area contributed by atoms with Gasteiger partial charge in [-0.2, -0.15) is 0 Å². The van der Waals surface area contributed by atoms with Crippen molar-refractivity contribution in [3.8, 4) is 0 Å². The molecule has 4 heteroatoms. The Morgan fingerprint density at radius 2 is 2.24 bits per heavy atom. The highest BCUT2D eigenvalue weighted by Crippen LogP contribution is 2.25. The van der Waals surface area contributed by atoms with Crippen LogP contribution in [0.2, 0.25) is 0 Å². The maximum Gasteiger partial charge on any atom is 0.303 e. The zero-order valence-corrected chi connectivity index (χ0v) is 9.93. The quantitative estimate of drug-likeness (QED) is 0.881. The Kier molecular flexibility index (Phi) is 3.13. The van der Waals surface area contributed by atoms with Crippen molar-refractivity contribution in [1.29, 1.82) is 0 Å². The molecule has 0 aliphatic heterocycles. The number of aryl methyl sites for hydroxylation is 1. The number of benzene rings is 1. The second kappa shape index (κ2) is 4.57. The fraction of sp³-hybridized carbons (Fsp3) is 0.385. The van der Waals surface area contributed by atoms with Crippen LogP contribution in [0.1, 0.15) is 37.4 Å². The van der Waals surface area contributed by atoms with Gasteiger partial charge in [-0.3, -0.25) is 4.79 Å². The molecule has 4 nitrogen and oxygen atoms in total. The van der Waals surface area contributed by atoms with Crippen LogP contribution in [-0.2, 0) is 11.2 Å². The smallest absolute Gasteiger partial charge is 0.303 e. The van der Waals surface area contributed by atoms with E-state index in [1.54, 1.807) is 0 Å². The van der Waals surface area contributed by atoms with Gasteiger partial charge in [0.15, 0.2) is 5.58 Å². The summed E-state index contributed by atoms with van der Waals surface area (Å²) in [5.41, 5.74) is 2.65. The summed E-state index contributed by atoms with van der Waals surface area (Å²) < 4.78 is 5.26. The average molecular weight is 233 g/mol. The molecule has 17 heavy (non-hydrogen) atoms. The third kappa shape index (κ3) is 2.46. The van der Waals surface area contributed by atoms with Crippen LogP contribution < -0.4 is 0 Å². The summed E-state index contributed by atoms with van der Waals surface area (Å²) in [6, 6.07) is 5.77. The lowest BCUT2D eigenvalue weighted by molar-refractivity contribution is -0.136. The maximum absolute atomic E-state index is 10.5. The molecular weight excluding hydrogens is 218 g/mol. The second-order valence-corrected chi connectivity index (χ2v) is 4.45. The second-order valence-electron chi connectivity index (χ2n) is 4.45. The average Bonchev–Trinajstić information content (AvgIpc) is 2.69. The van der Waals surface area contributed by atoms with Crippen LogP contribution in [-0.4, -0.2) is 16.2 Å². The zero-order valence-electron chi connectivity index (χ0n) is 9.93. The lowest BCUT2D eigenvalue weighted by atomic mass is 10.0. The van der Waals surface area contributed by atoms with Crippen molar-refractivity contribution < 1.29 is 14.4 Å². The van der Waals surface area contributed by atoms with Gasteiger partial charge in [-0.05, 0) is 30.0 Å². The van der Waals surface area contributed by atoms with Crippen LogP contribution in [0.5, 0.6) is 0 Å². The van der Waals surface area contributed by atoms with E-state index in [1.165, 1.54) is 0 Å². The first-order valence-electron chi connectivity index (χ1n) is 5.68. The summed E-state index contributed by atoms with van der Waals surface area (Å²) in [4.78, 5) is 10.5. The summed E-state index contributed by atoms with van der Waals surface area (Å²) in [6.45, 7) is 4.13. The van der Waals surface area contributed by atoms with E-state index in [9.17, 15) is 4.79 Å². The van der Waals surface area contributed by atoms with E-state index in [4.69, 9.17) is 9.63 Å². The highest BCUT2D eigenvalue weighted by Gasteiger charge is 2.11. The highest BCUT2D eigenvalue weighted by molar-refractivity contribution is 5.80. The van der Waals surface area contributed by atoms with Gasteiger partial charge in [0, 0.05) is 11.8 Å². The van der Waals surface area contributed by atoms with Gasteiger partial charge in [-0.15, -0.1) is 0 Å². The van der Waals surface area contributed by atoms with E-state index in [-0.39, 0.29) is 6.42 Å². The lowest BCUT2D eigenvalue weighted by Crippen LogP contribution is -1.97. The number of rotatable bonds is 4. The van der Waals surface area contributed by atoms with Gasteiger partial charge in [-0.1, -0.05) is 25.1 Å². The zero-order chi connectivity index (χ0) is 12.4. The number of hydrogen-bond donors (Lipinski definition) is 1. The Bertz CT molecular complexity index is 543. The van der Waals surface area contributed by atoms with Gasteiger partial charge < -0.3 is 9.63 Å². The van der Waals surface area contributed by atoms with Crippen LogP contribution in [0.25, 0.3) is 11.0 Å². The molecule has 2 aromatic rings. The SMILES string of the molecule is CC(C)c1noc2cc(CCC(=O)O)ccc12. The summed E-state index contributed by atoms with van der Waals surface area (Å²) in [5.74, 6) is -0.466. The molecule has 0 bridgehead atoms. The van der Waals surface area contributed by atoms with E-state index < -0.39 is 5.97 Å². The number of carboxylic acids is 1. The Morgan fingerprint density at radius 3 is 2.88 bits per heavy atom. The van der Waals surface area contributed by atoms with E-state index in [0.29, 0.717) is 12.3 Å². The third-order valence-corrected chi connectivity index (χ3v) is 2.74. The van der Waals surface area contributed by atoms with Gasteiger partial charge in [0.25, 0.3) is 0 Å². The molecule has 0 aliphatic rings. The number of carbonyl (C=O) groups is 1. The molecule has 1 N–H and O–H groups in total. The summed E-state index contributed by atoms with van der Waals surface area (Å²) in [6.07, 6.45) is 0.652. The van der Waals surface area contributed by atoms with E-state index >= 15 is 0 Å². The van der Waals surface area contributed by atoms with E-state index in [0.717, 1.165) is 22.2 Å². The Morgan fingerprint density at radius 1 is 1.47 bits per heavy atom. The van der Waals surface area contributed by atoms with Gasteiger partial charge in [0.1, 0.15) is 0 Å². The van der Waals surface area contributed by atoms with Crippen molar-refractivity contribution in [2.75, 3.05) is 0 Å². The van der Waals surface area contributed by atoms with Crippen molar-refractivity contribution in [3.05, 3.63) is 29.5 Å². The summed E-state index contributed by atoms with van der Waals surface area (Å²) in [7, 11) is 0. The Balaban J connectivity index is 2.29. The van der Waals surface area contributed by atoms with Gasteiger partial charge in [0.2, 0.25) is 0 Å². The molecule has 1 aromatic carbocycles. The van der Waals surface area contributed by atoms with Crippen molar-refractivity contribution in [2.45, 2.75) is 32.6 Å². The number of aromatic nitrogens is 1. The fourth-order valence-electron chi connectivity index (χ4n) is 1.82. The molecule has 90 valence electrons. The van der Waals surface area contributed by atoms with Crippen LogP contribution in [0, 0.1) is 0 Å². The lowest BCUT2D eigenvalue weighted by Gasteiger charge is -2.00. The van der Waals surface area contributed by atoms with E-state index in [1.807, 2.05) is 18.2 Å². The van der Waals surface area contributed by atoms with Gasteiger partial charge in [-0.25, -0.2) is 0 Å². The van der Waals surface area contributed by atoms with E-state index in [2.05, 4.69) is 19.0 Å². The molecule has 2 rings (SSSR count). The van der Waals surface area contributed by atoms with Gasteiger partial charge >= 0.3 is 5.97 Å². The minimum atomic E-state index is -0.787. The predicted molar refractivity (Wildman–Crippen MR) is 64.1 cm³/mol. The number of fused-ring (bicyclic) bond motifs is 1. The molecule has 1 heterocycles. The molecule has 0 unspecified atom stereocenters. The molecule has 0 aliphatic carbocycles. The van der Waals surface area contributed by atoms with Crippen molar-refractivity contribution >= 4 is 16.9 Å². The third-order valence-electron chi connectivity index (χ3n) is 2.74. The first kappa shape index (κ1) is 11.6. The topological polar surface area (TPSA) is 63.3 Å². The van der Waals surface area contributed by atoms with Crippen LogP contribution in [0.3, 0.4) is 0 Å². The molecule has 0 amide bonds. The molecule has 0 saturated carbocycles. The van der Waals surface area contributed by atoms with Crippen LogP contribution >= 0.6 is 0 Å². The summed E-state index contributed by atoms with van der Waals surface area (Å²) in [5, 5.41) is 13.7. The molecular formula is C13H15NO3. The van der Waals surface area contributed by atoms with Gasteiger partial charge in [0.05, 0.1) is 5.69 Å². The first-order chi connectivity index (χ1) is 8.08.